The van der Waals surface area contributed by atoms with Gasteiger partial charge in [-0.1, -0.05) is 36.0 Å². The minimum atomic E-state index is 0.271. The van der Waals surface area contributed by atoms with Crippen molar-refractivity contribution in [1.29, 1.82) is 0 Å². The second-order valence-corrected chi connectivity index (χ2v) is 6.78. The van der Waals surface area contributed by atoms with Crippen LogP contribution in [0, 0.1) is 6.92 Å². The van der Waals surface area contributed by atoms with Crippen LogP contribution in [0.3, 0.4) is 0 Å². The number of hydrogen-bond acceptors (Lipinski definition) is 6. The van der Waals surface area contributed by atoms with Crippen LogP contribution in [0.15, 0.2) is 52.7 Å². The van der Waals surface area contributed by atoms with E-state index in [-0.39, 0.29) is 6.79 Å². The van der Waals surface area contributed by atoms with Gasteiger partial charge in [0.1, 0.15) is 0 Å². The van der Waals surface area contributed by atoms with Crippen molar-refractivity contribution in [3.05, 3.63) is 53.6 Å². The highest BCUT2D eigenvalue weighted by molar-refractivity contribution is 7.99. The van der Waals surface area contributed by atoms with Crippen molar-refractivity contribution in [2.75, 3.05) is 12.5 Å². The van der Waals surface area contributed by atoms with Crippen molar-refractivity contribution in [2.24, 2.45) is 5.10 Å². The number of ether oxygens (including phenoxy) is 2. The molecule has 124 valence electrons. The van der Waals surface area contributed by atoms with Gasteiger partial charge in [0.25, 0.3) is 0 Å². The first-order valence-corrected chi connectivity index (χ1v) is 8.90. The van der Waals surface area contributed by atoms with E-state index in [0.29, 0.717) is 0 Å². The van der Waals surface area contributed by atoms with Crippen molar-refractivity contribution < 1.29 is 9.47 Å². The van der Waals surface area contributed by atoms with E-state index in [2.05, 4.69) is 23.2 Å². The van der Waals surface area contributed by atoms with Gasteiger partial charge in [0.15, 0.2) is 17.3 Å². The molecule has 2 aromatic carbocycles. The van der Waals surface area contributed by atoms with E-state index in [4.69, 9.17) is 14.6 Å². The minimum Gasteiger partial charge on any atom is -0.454 e. The minimum absolute atomic E-state index is 0.271. The molecule has 0 atom stereocenters. The fourth-order valence-electron chi connectivity index (χ4n) is 2.94. The van der Waals surface area contributed by atoms with Crippen LogP contribution in [-0.2, 0) is 0 Å². The van der Waals surface area contributed by atoms with Crippen molar-refractivity contribution in [2.45, 2.75) is 12.1 Å². The molecular weight excluding hydrogens is 336 g/mol. The molecule has 25 heavy (non-hydrogen) atoms. The standard InChI is InChI=1S/C18H14N4O2S/c1-11-4-2-3-5-13(11)17-19-20-18-22(17)21-14(9-25-18)12-6-7-15-16(8-12)24-10-23-15/h2-8H,9-10H2,1H3. The molecule has 0 amide bonds. The Kier molecular flexibility index (Phi) is 3.27. The lowest BCUT2D eigenvalue weighted by atomic mass is 10.1. The molecule has 7 heteroatoms. The van der Waals surface area contributed by atoms with Crippen LogP contribution in [0.2, 0.25) is 0 Å². The summed E-state index contributed by atoms with van der Waals surface area (Å²) in [7, 11) is 0. The first-order chi connectivity index (χ1) is 12.3. The monoisotopic (exact) mass is 350 g/mol. The Morgan fingerprint density at radius 1 is 1.04 bits per heavy atom. The zero-order valence-corrected chi connectivity index (χ0v) is 14.3. The molecule has 0 fully saturated rings. The summed E-state index contributed by atoms with van der Waals surface area (Å²) >= 11 is 1.63. The SMILES string of the molecule is Cc1ccccc1-c1nnc2n1N=C(c1ccc3c(c1)OCO3)CS2. The average molecular weight is 350 g/mol. The summed E-state index contributed by atoms with van der Waals surface area (Å²) in [6, 6.07) is 14.0. The summed E-state index contributed by atoms with van der Waals surface area (Å²) in [5.74, 6) is 3.04. The lowest BCUT2D eigenvalue weighted by Crippen LogP contribution is -2.13. The summed E-state index contributed by atoms with van der Waals surface area (Å²) in [4.78, 5) is 0. The number of nitrogens with zero attached hydrogens (tertiary/aromatic N) is 4. The zero-order chi connectivity index (χ0) is 16.8. The third-order valence-electron chi connectivity index (χ3n) is 4.26. The molecule has 0 N–H and O–H groups in total. The van der Waals surface area contributed by atoms with Gasteiger partial charge in [0.05, 0.1) is 5.71 Å². The molecule has 0 unspecified atom stereocenters. The van der Waals surface area contributed by atoms with Gasteiger partial charge in [0, 0.05) is 16.9 Å². The predicted molar refractivity (Wildman–Crippen MR) is 95.4 cm³/mol. The average Bonchev–Trinajstić information content (AvgIpc) is 3.27. The third-order valence-corrected chi connectivity index (χ3v) is 5.19. The van der Waals surface area contributed by atoms with E-state index < -0.39 is 0 Å². The van der Waals surface area contributed by atoms with E-state index >= 15 is 0 Å². The maximum atomic E-state index is 5.48. The predicted octanol–water partition coefficient (Wildman–Crippen LogP) is 3.34. The van der Waals surface area contributed by atoms with Crippen molar-refractivity contribution >= 4 is 17.5 Å². The summed E-state index contributed by atoms with van der Waals surface area (Å²) in [5.41, 5.74) is 4.17. The molecule has 2 aliphatic rings. The normalized spacial score (nSPS) is 15.0. The highest BCUT2D eigenvalue weighted by atomic mass is 32.2. The van der Waals surface area contributed by atoms with Crippen LogP contribution < -0.4 is 9.47 Å². The van der Waals surface area contributed by atoms with Crippen LogP contribution in [0.25, 0.3) is 11.4 Å². The first kappa shape index (κ1) is 14.5. The number of benzene rings is 2. The Balaban J connectivity index is 1.60. The van der Waals surface area contributed by atoms with Crippen LogP contribution in [0.5, 0.6) is 11.5 Å². The summed E-state index contributed by atoms with van der Waals surface area (Å²) in [6.07, 6.45) is 0. The van der Waals surface area contributed by atoms with Crippen molar-refractivity contribution in [3.8, 4) is 22.9 Å². The number of thioether (sulfide) groups is 1. The van der Waals surface area contributed by atoms with Gasteiger partial charge < -0.3 is 9.47 Å². The molecule has 0 saturated carbocycles. The smallest absolute Gasteiger partial charge is 0.231 e. The maximum absolute atomic E-state index is 5.48. The van der Waals surface area contributed by atoms with Crippen LogP contribution in [-0.4, -0.2) is 33.1 Å². The van der Waals surface area contributed by atoms with Crippen LogP contribution in [0.1, 0.15) is 11.1 Å². The molecule has 3 aromatic rings. The zero-order valence-electron chi connectivity index (χ0n) is 13.5. The lowest BCUT2D eigenvalue weighted by Gasteiger charge is -2.14. The number of aryl methyl sites for hydroxylation is 1. The van der Waals surface area contributed by atoms with Gasteiger partial charge in [0.2, 0.25) is 11.9 Å². The van der Waals surface area contributed by atoms with Crippen molar-refractivity contribution in [1.82, 2.24) is 14.9 Å². The molecule has 0 radical (unpaired) electrons. The Bertz CT molecular complexity index is 1010. The Hall–Kier alpha value is -2.80. The Labute approximate surface area is 148 Å². The van der Waals surface area contributed by atoms with Gasteiger partial charge in [-0.25, -0.2) is 0 Å². The Morgan fingerprint density at radius 3 is 2.84 bits per heavy atom. The van der Waals surface area contributed by atoms with Crippen LogP contribution >= 0.6 is 11.8 Å². The molecule has 0 saturated heterocycles. The van der Waals surface area contributed by atoms with Gasteiger partial charge in [-0.3, -0.25) is 0 Å². The third kappa shape index (κ3) is 2.39. The van der Waals surface area contributed by atoms with Gasteiger partial charge in [-0.15, -0.1) is 10.2 Å². The number of fused-ring (bicyclic) bond motifs is 2. The second kappa shape index (κ2) is 5.63. The van der Waals surface area contributed by atoms with E-state index in [1.807, 2.05) is 41.1 Å². The van der Waals surface area contributed by atoms with E-state index in [1.165, 1.54) is 0 Å². The topological polar surface area (TPSA) is 61.5 Å². The molecule has 1 aromatic heterocycles. The molecule has 0 spiro atoms. The number of rotatable bonds is 2. The van der Waals surface area contributed by atoms with Crippen LogP contribution in [0.4, 0.5) is 0 Å². The van der Waals surface area contributed by atoms with E-state index in [0.717, 1.165) is 50.6 Å². The molecular formula is C18H14N4O2S. The van der Waals surface area contributed by atoms with Gasteiger partial charge in [-0.2, -0.15) is 9.78 Å². The fourth-order valence-corrected chi connectivity index (χ4v) is 3.78. The first-order valence-electron chi connectivity index (χ1n) is 7.92. The maximum Gasteiger partial charge on any atom is 0.231 e. The molecule has 0 bridgehead atoms. The number of aromatic nitrogens is 3. The molecule has 2 aliphatic heterocycles. The van der Waals surface area contributed by atoms with E-state index in [1.54, 1.807) is 11.8 Å². The highest BCUT2D eigenvalue weighted by Crippen LogP contribution is 2.35. The molecule has 6 nitrogen and oxygen atoms in total. The highest BCUT2D eigenvalue weighted by Gasteiger charge is 2.23. The van der Waals surface area contributed by atoms with Crippen molar-refractivity contribution in [3.63, 3.8) is 0 Å². The summed E-state index contributed by atoms with van der Waals surface area (Å²) < 4.78 is 12.7. The quantitative estimate of drug-likeness (QED) is 0.709. The Morgan fingerprint density at radius 2 is 1.92 bits per heavy atom. The summed E-state index contributed by atoms with van der Waals surface area (Å²) in [6.45, 7) is 2.34. The van der Waals surface area contributed by atoms with E-state index in [9.17, 15) is 0 Å². The fraction of sp³-hybridized carbons (Fsp3) is 0.167. The largest absolute Gasteiger partial charge is 0.454 e. The molecule has 5 rings (SSSR count). The second-order valence-electron chi connectivity index (χ2n) is 5.84. The molecule has 3 heterocycles. The van der Waals surface area contributed by atoms with Gasteiger partial charge >= 0.3 is 0 Å². The summed E-state index contributed by atoms with van der Waals surface area (Å²) in [5, 5.41) is 14.3. The van der Waals surface area contributed by atoms with Gasteiger partial charge in [-0.05, 0) is 30.7 Å². The lowest BCUT2D eigenvalue weighted by molar-refractivity contribution is 0.174. The molecule has 0 aliphatic carbocycles. The number of hydrogen-bond donors (Lipinski definition) is 0.